The summed E-state index contributed by atoms with van der Waals surface area (Å²) in [5, 5.41) is 12.5. The lowest BCUT2D eigenvalue weighted by atomic mass is 10.2. The van der Waals surface area contributed by atoms with E-state index in [1.807, 2.05) is 6.92 Å². The van der Waals surface area contributed by atoms with Crippen LogP contribution < -0.4 is 5.32 Å². The largest absolute Gasteiger partial charge is 0.394 e. The standard InChI is InChI=1S/C13H17ClN2O3/c1-9-6-16(7-12(8-17)19-9)13(18)15-11-4-2-3-10(14)5-11/h2-5,9,12,17H,6-8H2,1H3,(H,15,18). The number of halogens is 1. The van der Waals surface area contributed by atoms with Crippen molar-refractivity contribution >= 4 is 23.3 Å². The molecule has 1 heterocycles. The molecule has 2 unspecified atom stereocenters. The minimum absolute atomic E-state index is 0.0870. The summed E-state index contributed by atoms with van der Waals surface area (Å²) in [5.41, 5.74) is 0.650. The number of urea groups is 1. The fraction of sp³-hybridized carbons (Fsp3) is 0.462. The van der Waals surface area contributed by atoms with Gasteiger partial charge in [-0.15, -0.1) is 0 Å². The van der Waals surface area contributed by atoms with Gasteiger partial charge in [-0.05, 0) is 25.1 Å². The maximum atomic E-state index is 12.1. The molecule has 5 nitrogen and oxygen atoms in total. The van der Waals surface area contributed by atoms with E-state index in [4.69, 9.17) is 21.4 Å². The van der Waals surface area contributed by atoms with Crippen molar-refractivity contribution in [3.05, 3.63) is 29.3 Å². The highest BCUT2D eigenvalue weighted by atomic mass is 35.5. The number of carbonyl (C=O) groups excluding carboxylic acids is 1. The summed E-state index contributed by atoms with van der Waals surface area (Å²) in [6.07, 6.45) is -0.412. The number of hydrogen-bond donors (Lipinski definition) is 2. The van der Waals surface area contributed by atoms with Gasteiger partial charge in [-0.25, -0.2) is 4.79 Å². The van der Waals surface area contributed by atoms with E-state index in [1.165, 1.54) is 0 Å². The Morgan fingerprint density at radius 3 is 3.05 bits per heavy atom. The van der Waals surface area contributed by atoms with Gasteiger partial charge in [0.2, 0.25) is 0 Å². The maximum absolute atomic E-state index is 12.1. The Kier molecular flexibility index (Phi) is 4.63. The molecule has 0 spiro atoms. The molecule has 0 radical (unpaired) electrons. The minimum Gasteiger partial charge on any atom is -0.394 e. The zero-order valence-electron chi connectivity index (χ0n) is 10.7. The number of hydrogen-bond acceptors (Lipinski definition) is 3. The Morgan fingerprint density at radius 2 is 2.37 bits per heavy atom. The first-order chi connectivity index (χ1) is 9.08. The van der Waals surface area contributed by atoms with Crippen molar-refractivity contribution in [1.82, 2.24) is 4.90 Å². The summed E-state index contributed by atoms with van der Waals surface area (Å²) in [5.74, 6) is 0. The normalized spacial score (nSPS) is 23.2. The maximum Gasteiger partial charge on any atom is 0.322 e. The van der Waals surface area contributed by atoms with Crippen LogP contribution in [-0.2, 0) is 4.74 Å². The Balaban J connectivity index is 1.99. The van der Waals surface area contributed by atoms with Crippen LogP contribution >= 0.6 is 11.6 Å². The highest BCUT2D eigenvalue weighted by Crippen LogP contribution is 2.17. The predicted molar refractivity (Wildman–Crippen MR) is 73.5 cm³/mol. The zero-order valence-corrected chi connectivity index (χ0v) is 11.4. The summed E-state index contributed by atoms with van der Waals surface area (Å²) in [7, 11) is 0. The first kappa shape index (κ1) is 14.1. The number of aliphatic hydroxyl groups is 1. The van der Waals surface area contributed by atoms with Crippen molar-refractivity contribution in [2.24, 2.45) is 0 Å². The van der Waals surface area contributed by atoms with Crippen LogP contribution in [0.15, 0.2) is 24.3 Å². The first-order valence-electron chi connectivity index (χ1n) is 6.16. The summed E-state index contributed by atoms with van der Waals surface area (Å²) >= 11 is 5.86. The fourth-order valence-corrected chi connectivity index (χ4v) is 2.27. The number of amides is 2. The third kappa shape index (κ3) is 3.83. The van der Waals surface area contributed by atoms with Gasteiger partial charge in [0.25, 0.3) is 0 Å². The monoisotopic (exact) mass is 284 g/mol. The van der Waals surface area contributed by atoms with E-state index in [2.05, 4.69) is 5.32 Å². The van der Waals surface area contributed by atoms with Crippen molar-refractivity contribution < 1.29 is 14.6 Å². The number of aliphatic hydroxyl groups excluding tert-OH is 1. The molecule has 1 saturated heterocycles. The topological polar surface area (TPSA) is 61.8 Å². The molecule has 0 aromatic heterocycles. The van der Waals surface area contributed by atoms with Crippen molar-refractivity contribution in [1.29, 1.82) is 0 Å². The molecule has 1 fully saturated rings. The molecule has 1 aromatic rings. The number of carbonyl (C=O) groups is 1. The number of ether oxygens (including phenoxy) is 1. The van der Waals surface area contributed by atoms with Gasteiger partial charge in [-0.2, -0.15) is 0 Å². The van der Waals surface area contributed by atoms with Crippen LogP contribution in [0.2, 0.25) is 5.02 Å². The molecular weight excluding hydrogens is 268 g/mol. The van der Waals surface area contributed by atoms with E-state index in [-0.39, 0.29) is 24.8 Å². The molecule has 2 rings (SSSR count). The molecule has 19 heavy (non-hydrogen) atoms. The number of anilines is 1. The number of nitrogens with zero attached hydrogens (tertiary/aromatic N) is 1. The Bertz CT molecular complexity index is 455. The Labute approximate surface area is 117 Å². The van der Waals surface area contributed by atoms with Gasteiger partial charge in [0.05, 0.1) is 25.4 Å². The molecule has 6 heteroatoms. The van der Waals surface area contributed by atoms with Crippen LogP contribution in [0.3, 0.4) is 0 Å². The quantitative estimate of drug-likeness (QED) is 0.873. The van der Waals surface area contributed by atoms with Crippen molar-refractivity contribution in [3.63, 3.8) is 0 Å². The van der Waals surface area contributed by atoms with Gasteiger partial charge >= 0.3 is 6.03 Å². The van der Waals surface area contributed by atoms with Crippen LogP contribution in [0, 0.1) is 0 Å². The van der Waals surface area contributed by atoms with Crippen LogP contribution in [-0.4, -0.2) is 47.9 Å². The number of benzene rings is 1. The van der Waals surface area contributed by atoms with Gasteiger partial charge < -0.3 is 20.1 Å². The molecule has 1 aliphatic heterocycles. The number of rotatable bonds is 2. The highest BCUT2D eigenvalue weighted by Gasteiger charge is 2.27. The van der Waals surface area contributed by atoms with E-state index in [9.17, 15) is 4.79 Å². The lowest BCUT2D eigenvalue weighted by molar-refractivity contribution is -0.0822. The van der Waals surface area contributed by atoms with Crippen LogP contribution in [0.4, 0.5) is 10.5 Å². The SMILES string of the molecule is CC1CN(C(=O)Nc2cccc(Cl)c2)CC(CO)O1. The Morgan fingerprint density at radius 1 is 1.58 bits per heavy atom. The van der Waals surface area contributed by atoms with E-state index < -0.39 is 0 Å². The van der Waals surface area contributed by atoms with Gasteiger partial charge in [0, 0.05) is 17.3 Å². The molecular formula is C13H17ClN2O3. The van der Waals surface area contributed by atoms with E-state index in [0.29, 0.717) is 23.8 Å². The molecule has 0 aliphatic carbocycles. The molecule has 2 amide bonds. The predicted octanol–water partition coefficient (Wildman–Crippen LogP) is 1.95. The fourth-order valence-electron chi connectivity index (χ4n) is 2.08. The van der Waals surface area contributed by atoms with Crippen LogP contribution in [0.1, 0.15) is 6.92 Å². The molecule has 0 bridgehead atoms. The van der Waals surface area contributed by atoms with E-state index >= 15 is 0 Å². The first-order valence-corrected chi connectivity index (χ1v) is 6.54. The molecule has 104 valence electrons. The smallest absolute Gasteiger partial charge is 0.322 e. The summed E-state index contributed by atoms with van der Waals surface area (Å²) in [4.78, 5) is 13.8. The lowest BCUT2D eigenvalue weighted by Gasteiger charge is -2.36. The second-order valence-electron chi connectivity index (χ2n) is 4.60. The highest BCUT2D eigenvalue weighted by molar-refractivity contribution is 6.30. The van der Waals surface area contributed by atoms with Gasteiger partial charge in [-0.1, -0.05) is 17.7 Å². The van der Waals surface area contributed by atoms with Gasteiger partial charge in [-0.3, -0.25) is 0 Å². The van der Waals surface area contributed by atoms with Gasteiger partial charge in [0.1, 0.15) is 0 Å². The molecule has 1 aromatic carbocycles. The number of morpholine rings is 1. The third-order valence-electron chi connectivity index (χ3n) is 2.89. The van der Waals surface area contributed by atoms with E-state index in [0.717, 1.165) is 0 Å². The molecule has 1 aliphatic rings. The Hall–Kier alpha value is -1.30. The third-order valence-corrected chi connectivity index (χ3v) is 3.13. The average Bonchev–Trinajstić information content (AvgIpc) is 2.38. The minimum atomic E-state index is -0.325. The van der Waals surface area contributed by atoms with Crippen LogP contribution in [0.5, 0.6) is 0 Å². The zero-order chi connectivity index (χ0) is 13.8. The van der Waals surface area contributed by atoms with Crippen molar-refractivity contribution in [2.75, 3.05) is 25.0 Å². The molecule has 0 saturated carbocycles. The summed E-state index contributed by atoms with van der Waals surface area (Å²) in [6, 6.07) is 6.77. The average molecular weight is 285 g/mol. The van der Waals surface area contributed by atoms with Crippen LogP contribution in [0.25, 0.3) is 0 Å². The molecule has 2 N–H and O–H groups in total. The lowest BCUT2D eigenvalue weighted by Crippen LogP contribution is -2.51. The van der Waals surface area contributed by atoms with Gasteiger partial charge in [0.15, 0.2) is 0 Å². The van der Waals surface area contributed by atoms with Crippen molar-refractivity contribution in [2.45, 2.75) is 19.1 Å². The summed E-state index contributed by atoms with van der Waals surface area (Å²) < 4.78 is 5.49. The second kappa shape index (κ2) is 6.23. The molecule has 2 atom stereocenters. The van der Waals surface area contributed by atoms with Crippen molar-refractivity contribution in [3.8, 4) is 0 Å². The number of nitrogens with one attached hydrogen (secondary N) is 1. The second-order valence-corrected chi connectivity index (χ2v) is 5.03. The van der Waals surface area contributed by atoms with E-state index in [1.54, 1.807) is 29.2 Å². The summed E-state index contributed by atoms with van der Waals surface area (Å²) in [6.45, 7) is 2.67.